The normalized spacial score (nSPS) is 19.3. The maximum absolute atomic E-state index is 11.2. The minimum atomic E-state index is -0.921. The Morgan fingerprint density at radius 3 is 2.35 bits per heavy atom. The van der Waals surface area contributed by atoms with Crippen LogP contribution in [0.4, 0.5) is 5.69 Å². The number of aryl methyl sites for hydroxylation is 1. The van der Waals surface area contributed by atoms with Gasteiger partial charge in [-0.25, -0.2) is 0 Å². The van der Waals surface area contributed by atoms with E-state index in [-0.39, 0.29) is 6.04 Å². The van der Waals surface area contributed by atoms with Gasteiger partial charge in [0.15, 0.2) is 0 Å². The largest absolute Gasteiger partial charge is 0.384 e. The Morgan fingerprint density at radius 2 is 1.68 bits per heavy atom. The van der Waals surface area contributed by atoms with Gasteiger partial charge in [0.1, 0.15) is 0 Å². The molecule has 3 aromatic carbocycles. The second kappa shape index (κ2) is 9.22. The van der Waals surface area contributed by atoms with Crippen LogP contribution in [0.15, 0.2) is 72.8 Å². The van der Waals surface area contributed by atoms with Gasteiger partial charge in [-0.15, -0.1) is 0 Å². The molecule has 0 unspecified atom stereocenters. The summed E-state index contributed by atoms with van der Waals surface area (Å²) in [6, 6.07) is 24.3. The lowest BCUT2D eigenvalue weighted by atomic mass is 9.94. The van der Waals surface area contributed by atoms with Gasteiger partial charge in [0.05, 0.1) is 22.4 Å². The molecule has 0 saturated carbocycles. The highest BCUT2D eigenvalue weighted by Gasteiger charge is 2.33. The van der Waals surface area contributed by atoms with Crippen molar-refractivity contribution in [3.8, 4) is 0 Å². The van der Waals surface area contributed by atoms with Gasteiger partial charge in [-0.2, -0.15) is 0 Å². The highest BCUT2D eigenvalue weighted by Crippen LogP contribution is 2.36. The van der Waals surface area contributed by atoms with Crippen LogP contribution in [0.3, 0.4) is 0 Å². The molecule has 4 rings (SSSR count). The van der Waals surface area contributed by atoms with E-state index >= 15 is 0 Å². The molecule has 3 aromatic rings. The Bertz CT molecular complexity index is 1020. The Kier molecular flexibility index (Phi) is 6.59. The van der Waals surface area contributed by atoms with Gasteiger partial charge < -0.3 is 10.0 Å². The summed E-state index contributed by atoms with van der Waals surface area (Å²) in [5, 5.41) is 12.7. The quantitative estimate of drug-likeness (QED) is 0.506. The number of hydrogen-bond acceptors (Lipinski definition) is 3. The Labute approximate surface area is 194 Å². The molecule has 0 bridgehead atoms. The van der Waals surface area contributed by atoms with Gasteiger partial charge in [-0.05, 0) is 54.8 Å². The zero-order valence-electron chi connectivity index (χ0n) is 17.9. The van der Waals surface area contributed by atoms with Crippen molar-refractivity contribution in [2.75, 3.05) is 31.1 Å². The van der Waals surface area contributed by atoms with E-state index in [4.69, 9.17) is 23.2 Å². The topological polar surface area (TPSA) is 26.7 Å². The number of β-amino-alcohol motifs (C(OH)–C–C–N with tert-alkyl or cyclic N) is 1. The molecule has 0 spiro atoms. The molecule has 1 N–H and O–H groups in total. The number of rotatable bonds is 5. The van der Waals surface area contributed by atoms with E-state index in [2.05, 4.69) is 41.0 Å². The molecule has 0 radical (unpaired) electrons. The first-order valence-corrected chi connectivity index (χ1v) is 11.4. The van der Waals surface area contributed by atoms with Crippen molar-refractivity contribution in [1.29, 1.82) is 0 Å². The van der Waals surface area contributed by atoms with E-state index in [0.29, 0.717) is 6.54 Å². The Morgan fingerprint density at radius 1 is 0.968 bits per heavy atom. The summed E-state index contributed by atoms with van der Waals surface area (Å²) in [5.74, 6) is 0. The molecule has 1 saturated heterocycles. The molecule has 0 aliphatic carbocycles. The average molecular weight is 455 g/mol. The van der Waals surface area contributed by atoms with E-state index in [1.54, 1.807) is 0 Å². The van der Waals surface area contributed by atoms with Crippen LogP contribution in [-0.2, 0) is 5.60 Å². The minimum absolute atomic E-state index is 0.109. The van der Waals surface area contributed by atoms with Crippen LogP contribution in [0.1, 0.15) is 29.7 Å². The Hall–Kier alpha value is -2.04. The summed E-state index contributed by atoms with van der Waals surface area (Å²) in [6.45, 7) is 6.96. The SMILES string of the molecule is Cc1ccc(N2CCN(C[C@](C)(O)c3ccccc3)C[C@H]2c2ccc(Cl)cc2)c(Cl)c1. The maximum Gasteiger partial charge on any atom is 0.0994 e. The molecule has 1 aliphatic rings. The second-order valence-electron chi connectivity index (χ2n) is 8.59. The predicted octanol–water partition coefficient (Wildman–Crippen LogP) is 6.07. The first-order chi connectivity index (χ1) is 14.8. The minimum Gasteiger partial charge on any atom is -0.384 e. The zero-order valence-corrected chi connectivity index (χ0v) is 19.4. The molecule has 162 valence electrons. The maximum atomic E-state index is 11.2. The lowest BCUT2D eigenvalue weighted by Crippen LogP contribution is -2.52. The molecule has 0 aromatic heterocycles. The molecule has 0 amide bonds. The van der Waals surface area contributed by atoms with Crippen LogP contribution in [0, 0.1) is 6.92 Å². The fraction of sp³-hybridized carbons (Fsp3) is 0.308. The van der Waals surface area contributed by atoms with Crippen LogP contribution in [0.2, 0.25) is 10.0 Å². The van der Waals surface area contributed by atoms with Crippen molar-refractivity contribution in [2.45, 2.75) is 25.5 Å². The van der Waals surface area contributed by atoms with E-state index < -0.39 is 5.60 Å². The third-order valence-corrected chi connectivity index (χ3v) is 6.61. The molecule has 31 heavy (non-hydrogen) atoms. The number of halogens is 2. The summed E-state index contributed by atoms with van der Waals surface area (Å²) in [6.07, 6.45) is 0. The first-order valence-electron chi connectivity index (χ1n) is 10.6. The molecule has 1 aliphatic heterocycles. The van der Waals surface area contributed by atoms with Crippen LogP contribution in [0.25, 0.3) is 0 Å². The number of hydrogen-bond donors (Lipinski definition) is 1. The van der Waals surface area contributed by atoms with Gasteiger partial charge >= 0.3 is 0 Å². The third-order valence-electron chi connectivity index (χ3n) is 6.06. The van der Waals surface area contributed by atoms with E-state index in [0.717, 1.165) is 46.5 Å². The van der Waals surface area contributed by atoms with Gasteiger partial charge in [0.25, 0.3) is 0 Å². The molecule has 5 heteroatoms. The third kappa shape index (κ3) is 5.07. The van der Waals surface area contributed by atoms with Crippen molar-refractivity contribution >= 4 is 28.9 Å². The number of anilines is 1. The number of piperazine rings is 1. The summed E-state index contributed by atoms with van der Waals surface area (Å²) in [5.41, 5.74) is 3.39. The molecule has 1 heterocycles. The lowest BCUT2D eigenvalue weighted by Gasteiger charge is -2.45. The average Bonchev–Trinajstić information content (AvgIpc) is 2.75. The standard InChI is InChI=1S/C26H28Cl2N2O/c1-19-8-13-24(23(28)16-19)30-15-14-29(17-25(30)20-9-11-22(27)12-10-20)18-26(2,31)21-6-4-3-5-7-21/h3-13,16,25,31H,14-15,17-18H2,1-2H3/t25-,26-/m0/s1. The van der Waals surface area contributed by atoms with Crippen LogP contribution < -0.4 is 4.90 Å². The van der Waals surface area contributed by atoms with Crippen LogP contribution >= 0.6 is 23.2 Å². The van der Waals surface area contributed by atoms with Crippen molar-refractivity contribution in [3.05, 3.63) is 99.5 Å². The molecular weight excluding hydrogens is 427 g/mol. The van der Waals surface area contributed by atoms with Crippen molar-refractivity contribution < 1.29 is 5.11 Å². The van der Waals surface area contributed by atoms with Gasteiger partial charge in [-0.1, -0.05) is 71.7 Å². The lowest BCUT2D eigenvalue weighted by molar-refractivity contribution is 0.0103. The van der Waals surface area contributed by atoms with Crippen molar-refractivity contribution in [3.63, 3.8) is 0 Å². The smallest absolute Gasteiger partial charge is 0.0994 e. The fourth-order valence-corrected chi connectivity index (χ4v) is 4.88. The summed E-state index contributed by atoms with van der Waals surface area (Å²) in [4.78, 5) is 4.71. The summed E-state index contributed by atoms with van der Waals surface area (Å²) in [7, 11) is 0. The van der Waals surface area contributed by atoms with Gasteiger partial charge in [0.2, 0.25) is 0 Å². The highest BCUT2D eigenvalue weighted by molar-refractivity contribution is 6.33. The first kappa shape index (κ1) is 22.2. The number of nitrogens with zero attached hydrogens (tertiary/aromatic N) is 2. The van der Waals surface area contributed by atoms with Gasteiger partial charge in [0, 0.05) is 31.2 Å². The second-order valence-corrected chi connectivity index (χ2v) is 9.43. The fourth-order valence-electron chi connectivity index (χ4n) is 4.41. The van der Waals surface area contributed by atoms with Crippen molar-refractivity contribution in [2.24, 2.45) is 0 Å². The zero-order chi connectivity index (χ0) is 22.0. The van der Waals surface area contributed by atoms with Crippen LogP contribution in [-0.4, -0.2) is 36.2 Å². The molecule has 1 fully saturated rings. The van der Waals surface area contributed by atoms with E-state index in [1.165, 1.54) is 5.56 Å². The molecule has 3 nitrogen and oxygen atoms in total. The van der Waals surface area contributed by atoms with Crippen LogP contribution in [0.5, 0.6) is 0 Å². The number of benzene rings is 3. The summed E-state index contributed by atoms with van der Waals surface area (Å²) >= 11 is 12.8. The Balaban J connectivity index is 1.62. The van der Waals surface area contributed by atoms with E-state index in [1.807, 2.05) is 55.5 Å². The van der Waals surface area contributed by atoms with Crippen molar-refractivity contribution in [1.82, 2.24) is 4.90 Å². The summed E-state index contributed by atoms with van der Waals surface area (Å²) < 4.78 is 0. The van der Waals surface area contributed by atoms with Gasteiger partial charge in [-0.3, -0.25) is 4.90 Å². The monoisotopic (exact) mass is 454 g/mol. The molecule has 2 atom stereocenters. The molecular formula is C26H28Cl2N2O. The number of aliphatic hydroxyl groups is 1. The highest BCUT2D eigenvalue weighted by atomic mass is 35.5. The van der Waals surface area contributed by atoms with E-state index in [9.17, 15) is 5.11 Å². The predicted molar refractivity (Wildman–Crippen MR) is 130 cm³/mol.